The fourth-order valence-electron chi connectivity index (χ4n) is 2.79. The zero-order chi connectivity index (χ0) is 13.1. The first-order chi connectivity index (χ1) is 7.89. The lowest BCUT2D eigenvalue weighted by molar-refractivity contribution is -0.171. The van der Waals surface area contributed by atoms with Crippen LogP contribution in [-0.4, -0.2) is 23.3 Å². The minimum absolute atomic E-state index is 0.0442. The lowest BCUT2D eigenvalue weighted by atomic mass is 9.70. The van der Waals surface area contributed by atoms with Crippen molar-refractivity contribution in [2.45, 2.75) is 59.0 Å². The molecule has 0 radical (unpaired) electrons. The van der Waals surface area contributed by atoms with Gasteiger partial charge in [0.25, 0.3) is 0 Å². The number of hydrogen-bond donors (Lipinski definition) is 1. The van der Waals surface area contributed by atoms with Crippen molar-refractivity contribution in [2.24, 2.45) is 17.8 Å². The molecule has 0 aromatic carbocycles. The average molecular weight is 242 g/mol. The summed E-state index contributed by atoms with van der Waals surface area (Å²) in [5.41, 5.74) is -1.32. The van der Waals surface area contributed by atoms with Crippen LogP contribution in [0.5, 0.6) is 0 Å². The van der Waals surface area contributed by atoms with Crippen LogP contribution in [0.15, 0.2) is 0 Å². The van der Waals surface area contributed by atoms with Crippen molar-refractivity contribution in [3.8, 4) is 0 Å². The minimum atomic E-state index is -1.32. The molecular formula is C14H26O3. The van der Waals surface area contributed by atoms with Crippen LogP contribution in [0.4, 0.5) is 0 Å². The monoisotopic (exact) mass is 242 g/mol. The van der Waals surface area contributed by atoms with Crippen molar-refractivity contribution in [3.63, 3.8) is 0 Å². The molecular weight excluding hydrogens is 216 g/mol. The molecule has 0 aliphatic heterocycles. The molecule has 17 heavy (non-hydrogen) atoms. The first-order valence-electron chi connectivity index (χ1n) is 6.79. The van der Waals surface area contributed by atoms with E-state index in [1.807, 2.05) is 0 Å². The van der Waals surface area contributed by atoms with Gasteiger partial charge in [0.15, 0.2) is 5.60 Å². The Morgan fingerprint density at radius 2 is 2.12 bits per heavy atom. The van der Waals surface area contributed by atoms with Gasteiger partial charge in [-0.25, -0.2) is 4.79 Å². The van der Waals surface area contributed by atoms with E-state index in [-0.39, 0.29) is 5.92 Å². The molecule has 3 atom stereocenters. The van der Waals surface area contributed by atoms with E-state index in [1.54, 1.807) is 13.8 Å². The molecule has 0 saturated heterocycles. The van der Waals surface area contributed by atoms with Crippen molar-refractivity contribution in [2.75, 3.05) is 6.61 Å². The van der Waals surface area contributed by atoms with E-state index >= 15 is 0 Å². The highest BCUT2D eigenvalue weighted by atomic mass is 16.5. The van der Waals surface area contributed by atoms with E-state index in [0.717, 1.165) is 19.3 Å². The lowest BCUT2D eigenvalue weighted by Gasteiger charge is -2.38. The number of ether oxygens (including phenoxy) is 1. The normalized spacial score (nSPS) is 28.8. The summed E-state index contributed by atoms with van der Waals surface area (Å²) in [6.07, 6.45) is 4.18. The van der Waals surface area contributed by atoms with E-state index < -0.39 is 11.6 Å². The summed E-state index contributed by atoms with van der Waals surface area (Å²) in [4.78, 5) is 11.8. The molecule has 0 amide bonds. The summed E-state index contributed by atoms with van der Waals surface area (Å²) in [6, 6.07) is 0. The largest absolute Gasteiger partial charge is 0.464 e. The maximum atomic E-state index is 11.8. The molecule has 3 unspecified atom stereocenters. The van der Waals surface area contributed by atoms with Gasteiger partial charge in [-0.3, -0.25) is 0 Å². The van der Waals surface area contributed by atoms with E-state index in [0.29, 0.717) is 18.4 Å². The third kappa shape index (κ3) is 3.44. The van der Waals surface area contributed by atoms with Crippen molar-refractivity contribution >= 4 is 5.97 Å². The molecule has 1 fully saturated rings. The Labute approximate surface area is 105 Å². The summed E-state index contributed by atoms with van der Waals surface area (Å²) >= 11 is 0. The number of hydrogen-bond acceptors (Lipinski definition) is 3. The third-order valence-electron chi connectivity index (χ3n) is 4.14. The van der Waals surface area contributed by atoms with Gasteiger partial charge in [-0.1, -0.05) is 26.7 Å². The van der Waals surface area contributed by atoms with Crippen molar-refractivity contribution in [1.82, 2.24) is 0 Å². The fourth-order valence-corrected chi connectivity index (χ4v) is 2.79. The zero-order valence-electron chi connectivity index (χ0n) is 11.5. The first-order valence-corrected chi connectivity index (χ1v) is 6.79. The quantitative estimate of drug-likeness (QED) is 0.771. The summed E-state index contributed by atoms with van der Waals surface area (Å²) in [7, 11) is 0. The molecule has 0 aromatic heterocycles. The fraction of sp³-hybridized carbons (Fsp3) is 0.929. The SMILES string of the molecule is CCOC(=O)C(C)(O)C1CCCC(C(C)C)C1. The predicted molar refractivity (Wildman–Crippen MR) is 67.5 cm³/mol. The molecule has 0 heterocycles. The summed E-state index contributed by atoms with van der Waals surface area (Å²) in [5, 5.41) is 10.4. The van der Waals surface area contributed by atoms with E-state index in [2.05, 4.69) is 13.8 Å². The van der Waals surface area contributed by atoms with E-state index in [4.69, 9.17) is 4.74 Å². The Hall–Kier alpha value is -0.570. The molecule has 0 aromatic rings. The van der Waals surface area contributed by atoms with Gasteiger partial charge >= 0.3 is 5.97 Å². The molecule has 1 saturated carbocycles. The zero-order valence-corrected chi connectivity index (χ0v) is 11.5. The summed E-state index contributed by atoms with van der Waals surface area (Å²) in [6.45, 7) is 8.14. The number of aliphatic hydroxyl groups is 1. The van der Waals surface area contributed by atoms with Gasteiger partial charge in [0.1, 0.15) is 0 Å². The average Bonchev–Trinajstić information content (AvgIpc) is 2.29. The number of carbonyl (C=O) groups excluding carboxylic acids is 1. The molecule has 0 bridgehead atoms. The predicted octanol–water partition coefficient (Wildman–Crippen LogP) is 2.76. The van der Waals surface area contributed by atoms with Gasteiger partial charge in [-0.05, 0) is 44.4 Å². The second-order valence-corrected chi connectivity index (χ2v) is 5.74. The first kappa shape index (κ1) is 14.5. The highest BCUT2D eigenvalue weighted by Crippen LogP contribution is 2.39. The van der Waals surface area contributed by atoms with Crippen LogP contribution in [-0.2, 0) is 9.53 Å². The summed E-state index contributed by atoms with van der Waals surface area (Å²) in [5.74, 6) is 0.822. The topological polar surface area (TPSA) is 46.5 Å². The highest BCUT2D eigenvalue weighted by molar-refractivity contribution is 5.79. The Balaban J connectivity index is 2.67. The summed E-state index contributed by atoms with van der Waals surface area (Å²) < 4.78 is 4.97. The number of carbonyl (C=O) groups is 1. The molecule has 1 N–H and O–H groups in total. The van der Waals surface area contributed by atoms with Crippen LogP contribution < -0.4 is 0 Å². The molecule has 1 aliphatic rings. The van der Waals surface area contributed by atoms with Crippen molar-refractivity contribution in [1.29, 1.82) is 0 Å². The van der Waals surface area contributed by atoms with Crippen LogP contribution in [0.2, 0.25) is 0 Å². The molecule has 1 rings (SSSR count). The maximum Gasteiger partial charge on any atom is 0.338 e. The van der Waals surface area contributed by atoms with Crippen LogP contribution in [0, 0.1) is 17.8 Å². The van der Waals surface area contributed by atoms with Gasteiger partial charge in [0, 0.05) is 0 Å². The van der Waals surface area contributed by atoms with Gasteiger partial charge in [0.2, 0.25) is 0 Å². The van der Waals surface area contributed by atoms with Crippen molar-refractivity contribution < 1.29 is 14.6 Å². The van der Waals surface area contributed by atoms with E-state index in [9.17, 15) is 9.90 Å². The Morgan fingerprint density at radius 3 is 2.65 bits per heavy atom. The number of esters is 1. The molecule has 3 nitrogen and oxygen atoms in total. The van der Waals surface area contributed by atoms with E-state index in [1.165, 1.54) is 6.42 Å². The minimum Gasteiger partial charge on any atom is -0.464 e. The standard InChI is InChI=1S/C14H26O3/c1-5-17-13(15)14(4,16)12-8-6-7-11(9-12)10(2)3/h10-12,16H,5-9H2,1-4H3. The molecule has 100 valence electrons. The third-order valence-corrected chi connectivity index (χ3v) is 4.14. The Bertz CT molecular complexity index is 258. The Kier molecular flexibility index (Phi) is 4.99. The van der Waals surface area contributed by atoms with Gasteiger partial charge in [-0.2, -0.15) is 0 Å². The highest BCUT2D eigenvalue weighted by Gasteiger charge is 2.43. The molecule has 1 aliphatic carbocycles. The van der Waals surface area contributed by atoms with Gasteiger partial charge < -0.3 is 9.84 Å². The van der Waals surface area contributed by atoms with Gasteiger partial charge in [0.05, 0.1) is 6.61 Å². The van der Waals surface area contributed by atoms with Crippen LogP contribution >= 0.6 is 0 Å². The van der Waals surface area contributed by atoms with Crippen molar-refractivity contribution in [3.05, 3.63) is 0 Å². The second-order valence-electron chi connectivity index (χ2n) is 5.74. The van der Waals surface area contributed by atoms with Crippen LogP contribution in [0.3, 0.4) is 0 Å². The smallest absolute Gasteiger partial charge is 0.338 e. The molecule has 3 heteroatoms. The maximum absolute atomic E-state index is 11.8. The van der Waals surface area contributed by atoms with Crippen LogP contribution in [0.1, 0.15) is 53.4 Å². The van der Waals surface area contributed by atoms with Crippen LogP contribution in [0.25, 0.3) is 0 Å². The lowest BCUT2D eigenvalue weighted by Crippen LogP contribution is -2.46. The number of rotatable bonds is 4. The Morgan fingerprint density at radius 1 is 1.47 bits per heavy atom. The second kappa shape index (κ2) is 5.85. The molecule has 0 spiro atoms. The van der Waals surface area contributed by atoms with Gasteiger partial charge in [-0.15, -0.1) is 0 Å².